The van der Waals surface area contributed by atoms with Crippen molar-refractivity contribution in [2.24, 2.45) is 10.2 Å². The van der Waals surface area contributed by atoms with Crippen LogP contribution in [0.5, 0.6) is 5.75 Å². The molecular formula is C27H25N3O8S2. The molecule has 40 heavy (non-hydrogen) atoms. The second kappa shape index (κ2) is 11.9. The van der Waals surface area contributed by atoms with Crippen LogP contribution in [0.3, 0.4) is 0 Å². The van der Waals surface area contributed by atoms with Crippen LogP contribution in [-0.2, 0) is 25.0 Å². The van der Waals surface area contributed by atoms with Gasteiger partial charge < -0.3 is 10.1 Å². The largest absolute Gasteiger partial charge is 0.490 e. The molecule has 13 heteroatoms. The van der Waals surface area contributed by atoms with Gasteiger partial charge in [0.15, 0.2) is 5.75 Å². The van der Waals surface area contributed by atoms with Gasteiger partial charge in [0.2, 0.25) is 5.91 Å². The normalized spacial score (nSPS) is 12.2. The van der Waals surface area contributed by atoms with Crippen LogP contribution in [0, 0.1) is 0 Å². The summed E-state index contributed by atoms with van der Waals surface area (Å²) in [5, 5.41) is 12.8. The van der Waals surface area contributed by atoms with E-state index in [1.165, 1.54) is 24.3 Å². The molecule has 1 amide bonds. The van der Waals surface area contributed by atoms with Crippen molar-refractivity contribution in [1.29, 1.82) is 0 Å². The van der Waals surface area contributed by atoms with Crippen LogP contribution in [0.1, 0.15) is 12.8 Å². The molecule has 0 unspecified atom stereocenters. The number of amides is 1. The lowest BCUT2D eigenvalue weighted by atomic mass is 10.1. The molecule has 0 fully saturated rings. The van der Waals surface area contributed by atoms with E-state index in [2.05, 4.69) is 22.1 Å². The lowest BCUT2D eigenvalue weighted by Gasteiger charge is -2.15. The summed E-state index contributed by atoms with van der Waals surface area (Å²) in [6.45, 7) is 3.78. The van der Waals surface area contributed by atoms with E-state index >= 15 is 0 Å². The van der Waals surface area contributed by atoms with Gasteiger partial charge in [0.1, 0.15) is 15.5 Å². The highest BCUT2D eigenvalue weighted by molar-refractivity contribution is 7.86. The number of nitrogens with one attached hydrogen (secondary N) is 1. The molecule has 0 heterocycles. The van der Waals surface area contributed by atoms with Crippen molar-refractivity contribution in [3.05, 3.63) is 79.4 Å². The minimum absolute atomic E-state index is 0.0358. The number of nitrogens with zero attached hydrogens (tertiary/aromatic N) is 2. The summed E-state index contributed by atoms with van der Waals surface area (Å²) >= 11 is 0. The summed E-state index contributed by atoms with van der Waals surface area (Å²) in [7, 11) is -9.25. The first-order valence-corrected chi connectivity index (χ1v) is 14.9. The number of rotatable bonds is 11. The summed E-state index contributed by atoms with van der Waals surface area (Å²) in [4.78, 5) is 10.5. The van der Waals surface area contributed by atoms with Crippen LogP contribution in [-0.4, -0.2) is 45.0 Å². The van der Waals surface area contributed by atoms with Crippen LogP contribution >= 0.6 is 0 Å². The van der Waals surface area contributed by atoms with Crippen molar-refractivity contribution in [2.45, 2.75) is 22.6 Å². The molecule has 4 aromatic rings. The highest BCUT2D eigenvalue weighted by Gasteiger charge is 2.24. The predicted molar refractivity (Wildman–Crippen MR) is 150 cm³/mol. The van der Waals surface area contributed by atoms with E-state index in [0.29, 0.717) is 35.5 Å². The summed E-state index contributed by atoms with van der Waals surface area (Å²) in [5.74, 6) is -0.525. The third kappa shape index (κ3) is 6.51. The number of benzene rings is 4. The molecule has 0 radical (unpaired) electrons. The van der Waals surface area contributed by atoms with E-state index in [1.807, 2.05) is 0 Å². The van der Waals surface area contributed by atoms with E-state index in [4.69, 9.17) is 4.74 Å². The van der Waals surface area contributed by atoms with Gasteiger partial charge in [-0.05, 0) is 42.5 Å². The number of hydrogen-bond donors (Lipinski definition) is 3. The summed E-state index contributed by atoms with van der Waals surface area (Å²) < 4.78 is 73.8. The smallest absolute Gasteiger partial charge is 0.298 e. The average molecular weight is 584 g/mol. The Morgan fingerprint density at radius 1 is 0.850 bits per heavy atom. The standard InChI is InChI=1S/C27H25N3O8S2/c1-2-25(31)28-15-7-8-16-38-27-24(40(35,36)37)17-18-9-3-4-10-19(18)26(27)30-29-22-13-14-23(39(32,33)34)21-12-6-5-11-20(21)22/h2-6,9-14,17H,1,7-8,15-16H2,(H,28,31)(H,32,33,34)(H,35,36,37). The van der Waals surface area contributed by atoms with Gasteiger partial charge in [-0.15, -0.1) is 10.2 Å². The van der Waals surface area contributed by atoms with Gasteiger partial charge in [0, 0.05) is 22.7 Å². The molecule has 0 atom stereocenters. The van der Waals surface area contributed by atoms with Crippen LogP contribution in [0.4, 0.5) is 11.4 Å². The minimum Gasteiger partial charge on any atom is -0.490 e. The molecule has 0 aliphatic heterocycles. The Morgan fingerprint density at radius 3 is 2.17 bits per heavy atom. The third-order valence-corrected chi connectivity index (χ3v) is 7.69. The molecular weight excluding hydrogens is 558 g/mol. The molecule has 208 valence electrons. The van der Waals surface area contributed by atoms with Crippen LogP contribution in [0.25, 0.3) is 21.5 Å². The number of carbonyl (C=O) groups excluding carboxylic acids is 1. The molecule has 0 spiro atoms. The van der Waals surface area contributed by atoms with Crippen molar-refractivity contribution in [1.82, 2.24) is 5.32 Å². The van der Waals surface area contributed by atoms with Gasteiger partial charge in [-0.3, -0.25) is 13.9 Å². The fraction of sp³-hybridized carbons (Fsp3) is 0.148. The molecule has 4 rings (SSSR count). The van der Waals surface area contributed by atoms with Crippen molar-refractivity contribution >= 4 is 59.1 Å². The molecule has 3 N–H and O–H groups in total. The maximum absolute atomic E-state index is 12.3. The zero-order chi connectivity index (χ0) is 28.9. The van der Waals surface area contributed by atoms with Crippen LogP contribution in [0.2, 0.25) is 0 Å². The number of carbonyl (C=O) groups is 1. The number of ether oxygens (including phenoxy) is 1. The molecule has 0 aliphatic carbocycles. The lowest BCUT2D eigenvalue weighted by Crippen LogP contribution is -2.22. The van der Waals surface area contributed by atoms with Crippen LogP contribution in [0.15, 0.2) is 99.4 Å². The highest BCUT2D eigenvalue weighted by atomic mass is 32.2. The second-order valence-electron chi connectivity index (χ2n) is 8.60. The van der Waals surface area contributed by atoms with Gasteiger partial charge in [-0.2, -0.15) is 16.8 Å². The molecule has 4 aromatic carbocycles. The first-order chi connectivity index (χ1) is 19.0. The number of hydrogen-bond acceptors (Lipinski definition) is 8. The second-order valence-corrected chi connectivity index (χ2v) is 11.4. The van der Waals surface area contributed by atoms with Gasteiger partial charge >= 0.3 is 0 Å². The monoisotopic (exact) mass is 583 g/mol. The number of fused-ring (bicyclic) bond motifs is 2. The molecule has 0 saturated heterocycles. The molecule has 0 bridgehead atoms. The zero-order valence-electron chi connectivity index (χ0n) is 21.0. The molecule has 0 saturated carbocycles. The Bertz CT molecular complexity index is 1850. The van der Waals surface area contributed by atoms with E-state index in [-0.39, 0.29) is 39.9 Å². The van der Waals surface area contributed by atoms with E-state index in [9.17, 15) is 30.7 Å². The topological polar surface area (TPSA) is 172 Å². The SMILES string of the molecule is C=CC(=O)NCCCCOc1c(S(=O)(=O)O)cc2ccccc2c1N=Nc1ccc(S(=O)(=O)O)c2ccccc12. The summed E-state index contributed by atoms with van der Waals surface area (Å²) in [5.41, 5.74) is 0.280. The fourth-order valence-electron chi connectivity index (χ4n) is 4.07. The first-order valence-electron chi connectivity index (χ1n) is 12.0. The van der Waals surface area contributed by atoms with Gasteiger partial charge in [-0.25, -0.2) is 0 Å². The van der Waals surface area contributed by atoms with Crippen molar-refractivity contribution in [3.63, 3.8) is 0 Å². The van der Waals surface area contributed by atoms with E-state index in [0.717, 1.165) is 6.08 Å². The lowest BCUT2D eigenvalue weighted by molar-refractivity contribution is -0.116. The maximum atomic E-state index is 12.3. The Labute approximate surface area is 230 Å². The molecule has 0 aliphatic rings. The summed E-state index contributed by atoms with van der Waals surface area (Å²) in [6.07, 6.45) is 2.12. The van der Waals surface area contributed by atoms with Gasteiger partial charge in [-0.1, -0.05) is 55.1 Å². The Balaban J connectivity index is 1.79. The van der Waals surface area contributed by atoms with E-state index < -0.39 is 25.1 Å². The predicted octanol–water partition coefficient (Wildman–Crippen LogP) is 5.36. The number of azo groups is 1. The minimum atomic E-state index is -4.74. The zero-order valence-corrected chi connectivity index (χ0v) is 22.7. The summed E-state index contributed by atoms with van der Waals surface area (Å²) in [6, 6.07) is 17.0. The Morgan fingerprint density at radius 2 is 1.50 bits per heavy atom. The average Bonchev–Trinajstić information content (AvgIpc) is 2.92. The third-order valence-electron chi connectivity index (χ3n) is 5.92. The molecule has 0 aromatic heterocycles. The Hall–Kier alpha value is -4.17. The first kappa shape index (κ1) is 28.8. The Kier molecular flexibility index (Phi) is 8.59. The maximum Gasteiger partial charge on any atom is 0.298 e. The van der Waals surface area contributed by atoms with Crippen molar-refractivity contribution in [2.75, 3.05) is 13.2 Å². The van der Waals surface area contributed by atoms with Gasteiger partial charge in [0.25, 0.3) is 20.2 Å². The van der Waals surface area contributed by atoms with Crippen molar-refractivity contribution < 1.29 is 35.5 Å². The number of unbranched alkanes of at least 4 members (excludes halogenated alkanes) is 1. The quantitative estimate of drug-likeness (QED) is 0.0916. The van der Waals surface area contributed by atoms with E-state index in [1.54, 1.807) is 42.5 Å². The van der Waals surface area contributed by atoms with Crippen molar-refractivity contribution in [3.8, 4) is 5.75 Å². The molecule has 11 nitrogen and oxygen atoms in total. The highest BCUT2D eigenvalue weighted by Crippen LogP contribution is 2.43. The van der Waals surface area contributed by atoms with Gasteiger partial charge in [0.05, 0.1) is 12.3 Å². The fourth-order valence-corrected chi connectivity index (χ4v) is 5.43. The van der Waals surface area contributed by atoms with Crippen LogP contribution < -0.4 is 10.1 Å².